The Bertz CT molecular complexity index is 1840. The van der Waals surface area contributed by atoms with Crippen molar-refractivity contribution in [2.45, 2.75) is 297 Å². The predicted molar refractivity (Wildman–Crippen MR) is 362 cm³/mol. The number of hydrogen-bond donors (Lipinski definition) is 0. The second kappa shape index (κ2) is 69.5. The van der Waals surface area contributed by atoms with Crippen LogP contribution in [0.15, 0.2) is 158 Å². The maximum absolute atomic E-state index is 12.9. The number of allylic oxidation sites excluding steroid dienone is 26. The van der Waals surface area contributed by atoms with Gasteiger partial charge in [-0.05, 0) is 148 Å². The minimum atomic E-state index is -0.802. The van der Waals surface area contributed by atoms with Crippen LogP contribution < -0.4 is 0 Å². The van der Waals surface area contributed by atoms with Gasteiger partial charge in [-0.15, -0.1) is 0 Å². The molecule has 0 aromatic rings. The number of carbonyl (C=O) groups excluding carboxylic acids is 3. The average Bonchev–Trinajstić information content (AvgIpc) is 3.49. The van der Waals surface area contributed by atoms with E-state index in [1.54, 1.807) is 0 Å². The second-order valence-electron chi connectivity index (χ2n) is 22.0. The van der Waals surface area contributed by atoms with E-state index in [1.807, 2.05) is 0 Å². The summed E-state index contributed by atoms with van der Waals surface area (Å²) in [6.07, 6.45) is 101. The lowest BCUT2D eigenvalue weighted by Crippen LogP contribution is -2.30. The molecule has 6 heteroatoms. The van der Waals surface area contributed by atoms with Crippen molar-refractivity contribution in [2.24, 2.45) is 0 Å². The van der Waals surface area contributed by atoms with Crippen LogP contribution in [-0.4, -0.2) is 37.2 Å². The highest BCUT2D eigenvalue weighted by Crippen LogP contribution is 2.15. The summed E-state index contributed by atoms with van der Waals surface area (Å²) >= 11 is 0. The molecule has 0 bridgehead atoms. The molecule has 0 rings (SSSR count). The number of hydrogen-bond acceptors (Lipinski definition) is 6. The van der Waals surface area contributed by atoms with E-state index in [2.05, 4.69) is 179 Å². The molecule has 0 radical (unpaired) electrons. The fraction of sp³-hybridized carbons (Fsp3) is 0.623. The van der Waals surface area contributed by atoms with Crippen molar-refractivity contribution in [3.05, 3.63) is 158 Å². The molecular weight excluding hydrogens is 1020 g/mol. The van der Waals surface area contributed by atoms with Crippen LogP contribution in [0.4, 0.5) is 0 Å². The molecule has 0 aliphatic carbocycles. The van der Waals surface area contributed by atoms with Crippen LogP contribution in [0.25, 0.3) is 0 Å². The van der Waals surface area contributed by atoms with Gasteiger partial charge in [0.25, 0.3) is 0 Å². The molecule has 0 aromatic carbocycles. The molecule has 0 aliphatic rings. The van der Waals surface area contributed by atoms with Gasteiger partial charge in [0.2, 0.25) is 0 Å². The molecule has 0 fully saturated rings. The lowest BCUT2D eigenvalue weighted by Gasteiger charge is -2.18. The van der Waals surface area contributed by atoms with Crippen LogP contribution in [-0.2, 0) is 28.6 Å². The van der Waals surface area contributed by atoms with E-state index >= 15 is 0 Å². The van der Waals surface area contributed by atoms with Gasteiger partial charge in [0, 0.05) is 19.3 Å². The summed E-state index contributed by atoms with van der Waals surface area (Å²) in [5.41, 5.74) is 0. The second-order valence-corrected chi connectivity index (χ2v) is 22.0. The van der Waals surface area contributed by atoms with Crippen LogP contribution in [0.3, 0.4) is 0 Å². The molecule has 1 unspecified atom stereocenters. The third kappa shape index (κ3) is 67.7. The van der Waals surface area contributed by atoms with Gasteiger partial charge in [-0.2, -0.15) is 0 Å². The molecular formula is C77H124O6. The minimum Gasteiger partial charge on any atom is -0.462 e. The Labute approximate surface area is 511 Å². The van der Waals surface area contributed by atoms with Crippen molar-refractivity contribution in [3.8, 4) is 0 Å². The zero-order valence-corrected chi connectivity index (χ0v) is 53.7. The summed E-state index contributed by atoms with van der Waals surface area (Å²) in [6, 6.07) is 0. The van der Waals surface area contributed by atoms with Crippen LogP contribution in [0, 0.1) is 0 Å². The van der Waals surface area contributed by atoms with Gasteiger partial charge >= 0.3 is 17.9 Å². The minimum absolute atomic E-state index is 0.0965. The van der Waals surface area contributed by atoms with Gasteiger partial charge in [0.05, 0.1) is 0 Å². The largest absolute Gasteiger partial charge is 0.462 e. The zero-order chi connectivity index (χ0) is 59.9. The standard InChI is InChI=1S/C77H124O6/c1-4-7-10-13-16-19-22-25-28-29-30-31-32-33-34-35-36-37-38-39-40-41-42-43-44-45-46-47-50-52-55-58-61-64-67-70-76(79)82-73-74(83-77(80)71-68-65-62-59-56-53-49-27-24-21-18-15-12-9-6-3)72-81-75(78)69-66-63-60-57-54-51-48-26-23-20-17-14-11-8-5-2/h7,9-10,12,16-21,25-28,30-31,33-34,36-37,39-40,42-43,48-49,74H,4-6,8,11,13-15,22-24,29,32,35,38,41,44-47,50-73H2,1-3H3/b10-7-,12-9-,19-16-,20-17-,21-18-,28-25-,31-30-,34-33-,37-36-,40-39-,43-42-,48-26-,49-27-. The van der Waals surface area contributed by atoms with E-state index in [4.69, 9.17) is 14.2 Å². The molecule has 0 saturated carbocycles. The van der Waals surface area contributed by atoms with Gasteiger partial charge in [-0.1, -0.05) is 281 Å². The first-order valence-electron chi connectivity index (χ1n) is 34.0. The zero-order valence-electron chi connectivity index (χ0n) is 53.7. The molecule has 83 heavy (non-hydrogen) atoms. The smallest absolute Gasteiger partial charge is 0.306 e. The SMILES string of the molecule is CC/C=C\C/C=C\C/C=C\C/C=C\C/C=C\C/C=C\C/C=C\C/C=C\CCCCCCCCCCCCC(=O)OCC(COC(=O)CCCCCCC/C=C\C/C=C\CCCCC)OC(=O)CCCCCCC/C=C\C/C=C\C/C=C\CC. The fourth-order valence-electron chi connectivity index (χ4n) is 8.97. The maximum atomic E-state index is 12.9. The molecule has 0 aromatic heterocycles. The molecule has 0 spiro atoms. The van der Waals surface area contributed by atoms with Gasteiger partial charge in [0.1, 0.15) is 13.2 Å². The Morgan fingerprint density at radius 1 is 0.253 bits per heavy atom. The highest BCUT2D eigenvalue weighted by molar-refractivity contribution is 5.71. The van der Waals surface area contributed by atoms with Crippen molar-refractivity contribution in [3.63, 3.8) is 0 Å². The highest BCUT2D eigenvalue weighted by Gasteiger charge is 2.19. The first kappa shape index (κ1) is 78.0. The van der Waals surface area contributed by atoms with Crippen molar-refractivity contribution < 1.29 is 28.6 Å². The molecule has 468 valence electrons. The number of ether oxygens (including phenoxy) is 3. The summed E-state index contributed by atoms with van der Waals surface area (Å²) in [7, 11) is 0. The first-order chi connectivity index (χ1) is 41.0. The summed E-state index contributed by atoms with van der Waals surface area (Å²) in [5, 5.41) is 0. The van der Waals surface area contributed by atoms with E-state index in [0.717, 1.165) is 180 Å². The Kier molecular flexibility index (Phi) is 65.4. The molecule has 0 amide bonds. The topological polar surface area (TPSA) is 78.9 Å². The van der Waals surface area contributed by atoms with Gasteiger partial charge in [0.15, 0.2) is 6.10 Å². The highest BCUT2D eigenvalue weighted by atomic mass is 16.6. The lowest BCUT2D eigenvalue weighted by molar-refractivity contribution is -0.167. The van der Waals surface area contributed by atoms with E-state index in [-0.39, 0.29) is 31.1 Å². The van der Waals surface area contributed by atoms with Crippen molar-refractivity contribution in [2.75, 3.05) is 13.2 Å². The Morgan fingerprint density at radius 2 is 0.470 bits per heavy atom. The quantitative estimate of drug-likeness (QED) is 0.0261. The Balaban J connectivity index is 4.28. The fourth-order valence-corrected chi connectivity index (χ4v) is 8.97. The third-order valence-corrected chi connectivity index (χ3v) is 14.0. The summed E-state index contributed by atoms with van der Waals surface area (Å²) in [6.45, 7) is 6.36. The molecule has 0 aliphatic heterocycles. The van der Waals surface area contributed by atoms with Crippen LogP contribution in [0.1, 0.15) is 290 Å². The molecule has 0 N–H and O–H groups in total. The third-order valence-electron chi connectivity index (χ3n) is 14.0. The monoisotopic (exact) mass is 1140 g/mol. The number of unbranched alkanes of at least 4 members (excludes halogenated alkanes) is 23. The van der Waals surface area contributed by atoms with Gasteiger partial charge < -0.3 is 14.2 Å². The van der Waals surface area contributed by atoms with E-state index in [1.165, 1.54) is 70.6 Å². The number of carbonyl (C=O) groups is 3. The lowest BCUT2D eigenvalue weighted by atomic mass is 10.1. The predicted octanol–water partition coefficient (Wildman–Crippen LogP) is 23.7. The summed E-state index contributed by atoms with van der Waals surface area (Å²) < 4.78 is 16.9. The number of rotatable bonds is 60. The normalized spacial score (nSPS) is 13.1. The van der Waals surface area contributed by atoms with Crippen molar-refractivity contribution in [1.82, 2.24) is 0 Å². The summed E-state index contributed by atoms with van der Waals surface area (Å²) in [4.78, 5) is 38.3. The van der Waals surface area contributed by atoms with Crippen molar-refractivity contribution >= 4 is 17.9 Å². The number of esters is 3. The van der Waals surface area contributed by atoms with Crippen LogP contribution >= 0.6 is 0 Å². The Hall–Kier alpha value is -4.97. The van der Waals surface area contributed by atoms with Crippen LogP contribution in [0.2, 0.25) is 0 Å². The first-order valence-corrected chi connectivity index (χ1v) is 34.0. The van der Waals surface area contributed by atoms with Gasteiger partial charge in [-0.3, -0.25) is 14.4 Å². The molecule has 0 heterocycles. The summed E-state index contributed by atoms with van der Waals surface area (Å²) in [5.74, 6) is -0.931. The van der Waals surface area contributed by atoms with E-state index in [9.17, 15) is 14.4 Å². The molecule has 1 atom stereocenters. The van der Waals surface area contributed by atoms with Gasteiger partial charge in [-0.25, -0.2) is 0 Å². The van der Waals surface area contributed by atoms with Crippen LogP contribution in [0.5, 0.6) is 0 Å². The Morgan fingerprint density at radius 3 is 0.735 bits per heavy atom. The molecule has 0 saturated heterocycles. The van der Waals surface area contributed by atoms with Crippen molar-refractivity contribution in [1.29, 1.82) is 0 Å². The van der Waals surface area contributed by atoms with E-state index < -0.39 is 6.10 Å². The molecule has 6 nitrogen and oxygen atoms in total. The maximum Gasteiger partial charge on any atom is 0.306 e. The average molecular weight is 1150 g/mol. The van der Waals surface area contributed by atoms with E-state index in [0.29, 0.717) is 19.3 Å².